The molecule has 0 saturated carbocycles. The van der Waals surface area contributed by atoms with Crippen LogP contribution < -0.4 is 5.32 Å². The van der Waals surface area contributed by atoms with E-state index in [2.05, 4.69) is 5.32 Å². The quantitative estimate of drug-likeness (QED) is 0.486. The predicted octanol–water partition coefficient (Wildman–Crippen LogP) is 3.31. The van der Waals surface area contributed by atoms with Gasteiger partial charge in [-0.2, -0.15) is 0 Å². The Labute approximate surface area is 166 Å². The number of carbonyl (C=O) groups excluding carboxylic acids is 1. The first-order chi connectivity index (χ1) is 12.9. The molecular weight excluding hydrogens is 380 g/mol. The summed E-state index contributed by atoms with van der Waals surface area (Å²) in [6.45, 7) is 2.44. The summed E-state index contributed by atoms with van der Waals surface area (Å²) in [5, 5.41) is 2.59. The molecule has 0 aliphatic carbocycles. The SMILES string of the molecule is CCS(=O)(=O)N(C)CCCNC(=O)C(Sc1ccccc1)c1ccccc1. The summed E-state index contributed by atoms with van der Waals surface area (Å²) in [5.41, 5.74) is 0.939. The number of carbonyl (C=O) groups is 1. The van der Waals surface area contributed by atoms with Crippen LogP contribution in [0.4, 0.5) is 0 Å². The van der Waals surface area contributed by atoms with Crippen molar-refractivity contribution >= 4 is 27.7 Å². The molecule has 0 radical (unpaired) electrons. The number of hydrogen-bond acceptors (Lipinski definition) is 4. The molecule has 1 N–H and O–H groups in total. The Kier molecular flexibility index (Phi) is 8.34. The topological polar surface area (TPSA) is 66.5 Å². The monoisotopic (exact) mass is 406 g/mol. The summed E-state index contributed by atoms with van der Waals surface area (Å²) in [6, 6.07) is 19.5. The number of amides is 1. The molecule has 27 heavy (non-hydrogen) atoms. The molecule has 0 fully saturated rings. The molecule has 5 nitrogen and oxygen atoms in total. The normalized spacial score (nSPS) is 12.7. The Morgan fingerprint density at radius 1 is 1.07 bits per heavy atom. The van der Waals surface area contributed by atoms with Gasteiger partial charge in [-0.25, -0.2) is 12.7 Å². The average Bonchev–Trinajstić information content (AvgIpc) is 2.70. The number of rotatable bonds is 10. The lowest BCUT2D eigenvalue weighted by Gasteiger charge is -2.18. The molecule has 0 saturated heterocycles. The Morgan fingerprint density at radius 2 is 1.67 bits per heavy atom. The third kappa shape index (κ3) is 6.68. The second-order valence-corrected chi connectivity index (χ2v) is 9.63. The van der Waals surface area contributed by atoms with Crippen molar-refractivity contribution in [2.24, 2.45) is 0 Å². The highest BCUT2D eigenvalue weighted by molar-refractivity contribution is 8.00. The fourth-order valence-electron chi connectivity index (χ4n) is 2.50. The zero-order valence-electron chi connectivity index (χ0n) is 15.7. The zero-order chi connectivity index (χ0) is 19.7. The van der Waals surface area contributed by atoms with Crippen molar-refractivity contribution in [1.29, 1.82) is 0 Å². The van der Waals surface area contributed by atoms with E-state index >= 15 is 0 Å². The van der Waals surface area contributed by atoms with Crippen LogP contribution in [-0.2, 0) is 14.8 Å². The molecule has 1 atom stereocenters. The van der Waals surface area contributed by atoms with E-state index in [9.17, 15) is 13.2 Å². The first-order valence-corrected chi connectivity index (χ1v) is 11.4. The molecule has 2 aromatic rings. The van der Waals surface area contributed by atoms with Crippen LogP contribution in [-0.4, -0.2) is 44.5 Å². The van der Waals surface area contributed by atoms with Gasteiger partial charge in [0.2, 0.25) is 15.9 Å². The van der Waals surface area contributed by atoms with E-state index in [4.69, 9.17) is 0 Å². The maximum Gasteiger partial charge on any atom is 0.237 e. The number of thioether (sulfide) groups is 1. The average molecular weight is 407 g/mol. The summed E-state index contributed by atoms with van der Waals surface area (Å²) in [5.74, 6) is 0.00989. The van der Waals surface area contributed by atoms with Crippen LogP contribution in [0.5, 0.6) is 0 Å². The summed E-state index contributed by atoms with van der Waals surface area (Å²) in [4.78, 5) is 13.8. The van der Waals surface area contributed by atoms with Crippen molar-refractivity contribution in [3.63, 3.8) is 0 Å². The fourth-order valence-corrected chi connectivity index (χ4v) is 4.42. The summed E-state index contributed by atoms with van der Waals surface area (Å²) >= 11 is 1.50. The molecule has 1 unspecified atom stereocenters. The van der Waals surface area contributed by atoms with Gasteiger partial charge in [-0.3, -0.25) is 4.79 Å². The molecule has 2 rings (SSSR count). The lowest BCUT2D eigenvalue weighted by molar-refractivity contribution is -0.120. The number of nitrogens with zero attached hydrogens (tertiary/aromatic N) is 1. The van der Waals surface area contributed by atoms with Crippen molar-refractivity contribution < 1.29 is 13.2 Å². The van der Waals surface area contributed by atoms with Crippen LogP contribution in [0, 0.1) is 0 Å². The maximum absolute atomic E-state index is 12.8. The molecule has 0 spiro atoms. The molecule has 0 heterocycles. The van der Waals surface area contributed by atoms with E-state index in [1.165, 1.54) is 16.1 Å². The van der Waals surface area contributed by atoms with Gasteiger partial charge in [0.15, 0.2) is 0 Å². The van der Waals surface area contributed by atoms with Crippen LogP contribution in [0.1, 0.15) is 24.2 Å². The van der Waals surface area contributed by atoms with Crippen molar-refractivity contribution in [1.82, 2.24) is 9.62 Å². The van der Waals surface area contributed by atoms with E-state index in [0.717, 1.165) is 10.5 Å². The Bertz CT molecular complexity index is 812. The molecule has 0 aliphatic rings. The smallest absolute Gasteiger partial charge is 0.237 e. The van der Waals surface area contributed by atoms with Gasteiger partial charge in [0.1, 0.15) is 5.25 Å². The third-order valence-corrected chi connectivity index (χ3v) is 7.25. The van der Waals surface area contributed by atoms with E-state index in [-0.39, 0.29) is 16.9 Å². The van der Waals surface area contributed by atoms with Gasteiger partial charge in [0.05, 0.1) is 5.75 Å². The van der Waals surface area contributed by atoms with Gasteiger partial charge in [0, 0.05) is 25.0 Å². The predicted molar refractivity (Wildman–Crippen MR) is 111 cm³/mol. The number of nitrogens with one attached hydrogen (secondary N) is 1. The van der Waals surface area contributed by atoms with Crippen LogP contribution in [0.3, 0.4) is 0 Å². The maximum atomic E-state index is 12.8. The number of hydrogen-bond donors (Lipinski definition) is 1. The summed E-state index contributed by atoms with van der Waals surface area (Å²) < 4.78 is 24.9. The van der Waals surface area contributed by atoms with Crippen molar-refractivity contribution in [2.75, 3.05) is 25.9 Å². The molecule has 0 aliphatic heterocycles. The molecule has 0 bridgehead atoms. The Morgan fingerprint density at radius 3 is 2.26 bits per heavy atom. The van der Waals surface area contributed by atoms with Crippen molar-refractivity contribution in [2.45, 2.75) is 23.5 Å². The van der Waals surface area contributed by atoms with E-state index in [1.807, 2.05) is 60.7 Å². The highest BCUT2D eigenvalue weighted by Crippen LogP contribution is 2.35. The second kappa shape index (κ2) is 10.5. The highest BCUT2D eigenvalue weighted by Gasteiger charge is 2.22. The fraction of sp³-hybridized carbons (Fsp3) is 0.350. The van der Waals surface area contributed by atoms with Crippen LogP contribution >= 0.6 is 11.8 Å². The van der Waals surface area contributed by atoms with Gasteiger partial charge in [0.25, 0.3) is 0 Å². The van der Waals surface area contributed by atoms with Gasteiger partial charge >= 0.3 is 0 Å². The van der Waals surface area contributed by atoms with Gasteiger partial charge < -0.3 is 5.32 Å². The third-order valence-electron chi connectivity index (χ3n) is 4.13. The molecule has 146 valence electrons. The zero-order valence-corrected chi connectivity index (χ0v) is 17.3. The molecule has 1 amide bonds. The minimum absolute atomic E-state index is 0.0731. The van der Waals surface area contributed by atoms with E-state index in [1.54, 1.807) is 14.0 Å². The van der Waals surface area contributed by atoms with E-state index in [0.29, 0.717) is 19.5 Å². The van der Waals surface area contributed by atoms with Crippen LogP contribution in [0.15, 0.2) is 65.6 Å². The van der Waals surface area contributed by atoms with Crippen LogP contribution in [0.2, 0.25) is 0 Å². The van der Waals surface area contributed by atoms with Gasteiger partial charge in [-0.1, -0.05) is 48.5 Å². The molecule has 7 heteroatoms. The highest BCUT2D eigenvalue weighted by atomic mass is 32.2. The van der Waals surface area contributed by atoms with Gasteiger partial charge in [-0.15, -0.1) is 11.8 Å². The van der Waals surface area contributed by atoms with Gasteiger partial charge in [-0.05, 0) is 31.0 Å². The largest absolute Gasteiger partial charge is 0.355 e. The Hall–Kier alpha value is -1.83. The lowest BCUT2D eigenvalue weighted by Crippen LogP contribution is -2.33. The number of benzene rings is 2. The minimum Gasteiger partial charge on any atom is -0.355 e. The lowest BCUT2D eigenvalue weighted by atomic mass is 10.1. The molecule has 0 aromatic heterocycles. The summed E-state index contributed by atoms with van der Waals surface area (Å²) in [7, 11) is -1.61. The molecular formula is C20H26N2O3S2. The Balaban J connectivity index is 1.96. The molecule has 2 aromatic carbocycles. The second-order valence-electron chi connectivity index (χ2n) is 6.09. The first-order valence-electron chi connectivity index (χ1n) is 8.92. The number of sulfonamides is 1. The van der Waals surface area contributed by atoms with Crippen LogP contribution in [0.25, 0.3) is 0 Å². The first kappa shape index (κ1) is 21.5. The minimum atomic E-state index is -3.18. The standard InChI is InChI=1S/C20H26N2O3S2/c1-3-27(24,25)22(2)16-10-15-21-20(23)19(17-11-6-4-7-12-17)26-18-13-8-5-9-14-18/h4-9,11-14,19H,3,10,15-16H2,1-2H3,(H,21,23). The van der Waals surface area contributed by atoms with Crippen molar-refractivity contribution in [3.05, 3.63) is 66.2 Å². The summed E-state index contributed by atoms with van der Waals surface area (Å²) in [6.07, 6.45) is 0.568. The van der Waals surface area contributed by atoms with E-state index < -0.39 is 10.0 Å². The van der Waals surface area contributed by atoms with Crippen molar-refractivity contribution in [3.8, 4) is 0 Å².